The van der Waals surface area contributed by atoms with Crippen LogP contribution in [0.5, 0.6) is 23.0 Å². The van der Waals surface area contributed by atoms with Crippen LogP contribution in [0.25, 0.3) is 5.57 Å². The first-order chi connectivity index (χ1) is 18.0. The standard InChI is InChI=1S/C28H25NO8S/c1-16-11-21-23(36-15-34-21)13-19(16)29-26(27(30)37-28(2,3)4)25(17-9-10-20-22(12-17)35-14-33-20)18-7-5-6-8-24(18)38(29,31)32/h5-13H,14-15H2,1-4H3. The lowest BCUT2D eigenvalue weighted by Gasteiger charge is -2.35. The minimum absolute atomic E-state index is 0.0189. The highest BCUT2D eigenvalue weighted by molar-refractivity contribution is 7.93. The maximum absolute atomic E-state index is 14.3. The molecule has 0 N–H and O–H groups in total. The lowest BCUT2D eigenvalue weighted by Crippen LogP contribution is -2.41. The Kier molecular flexibility index (Phi) is 5.36. The van der Waals surface area contributed by atoms with Crippen LogP contribution in [-0.4, -0.2) is 33.6 Å². The molecule has 0 aliphatic carbocycles. The van der Waals surface area contributed by atoms with E-state index in [1.165, 1.54) is 6.07 Å². The Hall–Kier alpha value is -4.18. The highest BCUT2D eigenvalue weighted by Gasteiger charge is 2.44. The molecule has 3 aliphatic rings. The van der Waals surface area contributed by atoms with Gasteiger partial charge in [0.25, 0.3) is 10.0 Å². The SMILES string of the molecule is Cc1cc2c(cc1N1C(C(=O)OC(C)(C)C)=C(c3ccc4c(c3)OCO4)c3ccccc3S1(=O)=O)OCO2. The van der Waals surface area contributed by atoms with Gasteiger partial charge in [-0.05, 0) is 63.1 Å². The zero-order valence-corrected chi connectivity index (χ0v) is 22.0. The highest BCUT2D eigenvalue weighted by atomic mass is 32.2. The van der Waals surface area contributed by atoms with Crippen molar-refractivity contribution < 1.29 is 36.9 Å². The van der Waals surface area contributed by atoms with Crippen LogP contribution in [0, 0.1) is 6.92 Å². The van der Waals surface area contributed by atoms with Crippen molar-refractivity contribution in [2.45, 2.75) is 38.2 Å². The molecule has 3 aromatic carbocycles. The minimum atomic E-state index is -4.26. The highest BCUT2D eigenvalue weighted by Crippen LogP contribution is 2.48. The van der Waals surface area contributed by atoms with Crippen molar-refractivity contribution in [1.82, 2.24) is 0 Å². The van der Waals surface area contributed by atoms with Crippen LogP contribution in [0.2, 0.25) is 0 Å². The lowest BCUT2D eigenvalue weighted by atomic mass is 9.94. The van der Waals surface area contributed by atoms with Crippen molar-refractivity contribution in [3.63, 3.8) is 0 Å². The van der Waals surface area contributed by atoms with E-state index in [1.807, 2.05) is 0 Å². The number of anilines is 1. The number of benzene rings is 3. The van der Waals surface area contributed by atoms with E-state index in [0.717, 1.165) is 4.31 Å². The molecular weight excluding hydrogens is 510 g/mol. The Labute approximate surface area is 220 Å². The van der Waals surface area contributed by atoms with E-state index in [2.05, 4.69) is 0 Å². The summed E-state index contributed by atoms with van der Waals surface area (Å²) in [6.07, 6.45) is 0. The topological polar surface area (TPSA) is 101 Å². The van der Waals surface area contributed by atoms with Gasteiger partial charge in [-0.2, -0.15) is 0 Å². The Morgan fingerprint density at radius 3 is 2.21 bits per heavy atom. The normalized spacial score (nSPS) is 16.9. The molecule has 3 aromatic rings. The van der Waals surface area contributed by atoms with Crippen molar-refractivity contribution in [3.8, 4) is 23.0 Å². The molecule has 0 spiro atoms. The monoisotopic (exact) mass is 535 g/mol. The van der Waals surface area contributed by atoms with E-state index in [1.54, 1.807) is 76.2 Å². The second-order valence-electron chi connectivity index (χ2n) is 10.1. The molecule has 0 radical (unpaired) electrons. The fourth-order valence-electron chi connectivity index (χ4n) is 4.70. The van der Waals surface area contributed by atoms with Crippen LogP contribution in [-0.2, 0) is 19.6 Å². The van der Waals surface area contributed by atoms with Crippen molar-refractivity contribution in [2.75, 3.05) is 17.9 Å². The average molecular weight is 536 g/mol. The van der Waals surface area contributed by atoms with E-state index in [0.29, 0.717) is 45.3 Å². The molecule has 0 bridgehead atoms. The maximum Gasteiger partial charge on any atom is 0.357 e. The first-order valence-electron chi connectivity index (χ1n) is 12.0. The van der Waals surface area contributed by atoms with Gasteiger partial charge >= 0.3 is 5.97 Å². The Morgan fingerprint density at radius 1 is 0.868 bits per heavy atom. The molecule has 0 saturated heterocycles. The number of hydrogen-bond acceptors (Lipinski definition) is 8. The van der Waals surface area contributed by atoms with Crippen LogP contribution in [0.1, 0.15) is 37.5 Å². The lowest BCUT2D eigenvalue weighted by molar-refractivity contribution is -0.149. The van der Waals surface area contributed by atoms with Crippen molar-refractivity contribution in [2.24, 2.45) is 0 Å². The Bertz CT molecular complexity index is 1630. The predicted molar refractivity (Wildman–Crippen MR) is 138 cm³/mol. The number of carbonyl (C=O) groups is 1. The first kappa shape index (κ1) is 24.2. The van der Waals surface area contributed by atoms with Crippen LogP contribution >= 0.6 is 0 Å². The number of aryl methyl sites for hydroxylation is 1. The van der Waals surface area contributed by atoms with Crippen molar-refractivity contribution in [1.29, 1.82) is 0 Å². The molecule has 0 saturated carbocycles. The van der Waals surface area contributed by atoms with Gasteiger partial charge in [0.15, 0.2) is 28.7 Å². The number of sulfonamides is 1. The van der Waals surface area contributed by atoms with E-state index in [9.17, 15) is 13.2 Å². The number of fused-ring (bicyclic) bond motifs is 3. The fourth-order valence-corrected chi connectivity index (χ4v) is 6.46. The molecule has 38 heavy (non-hydrogen) atoms. The molecule has 3 heterocycles. The number of ether oxygens (including phenoxy) is 5. The predicted octanol–water partition coefficient (Wildman–Crippen LogP) is 4.76. The van der Waals surface area contributed by atoms with E-state index in [4.69, 9.17) is 23.7 Å². The zero-order chi connectivity index (χ0) is 26.8. The zero-order valence-electron chi connectivity index (χ0n) is 21.2. The molecule has 3 aliphatic heterocycles. The molecule has 0 fully saturated rings. The summed E-state index contributed by atoms with van der Waals surface area (Å²) < 4.78 is 57.5. The number of nitrogens with zero attached hydrogens (tertiary/aromatic N) is 1. The summed E-state index contributed by atoms with van der Waals surface area (Å²) in [5.74, 6) is 1.15. The van der Waals surface area contributed by atoms with E-state index in [-0.39, 0.29) is 29.9 Å². The average Bonchev–Trinajstić information content (AvgIpc) is 3.51. The molecule has 9 nitrogen and oxygen atoms in total. The van der Waals surface area contributed by atoms with Crippen LogP contribution in [0.4, 0.5) is 5.69 Å². The third kappa shape index (κ3) is 3.83. The van der Waals surface area contributed by atoms with Crippen LogP contribution in [0.15, 0.2) is 65.2 Å². The van der Waals surface area contributed by atoms with Gasteiger partial charge in [-0.3, -0.25) is 0 Å². The summed E-state index contributed by atoms with van der Waals surface area (Å²) in [5, 5.41) is 0. The van der Waals surface area contributed by atoms with Gasteiger partial charge in [0.05, 0.1) is 10.6 Å². The molecule has 0 amide bonds. The molecule has 0 aromatic heterocycles. The quantitative estimate of drug-likeness (QED) is 0.443. The van der Waals surface area contributed by atoms with Gasteiger partial charge in [-0.15, -0.1) is 0 Å². The molecule has 6 rings (SSSR count). The summed E-state index contributed by atoms with van der Waals surface area (Å²) in [4.78, 5) is 14.0. The van der Waals surface area contributed by atoms with Crippen LogP contribution < -0.4 is 23.3 Å². The van der Waals surface area contributed by atoms with Gasteiger partial charge in [0.2, 0.25) is 13.6 Å². The minimum Gasteiger partial charge on any atom is -0.455 e. The number of hydrogen-bond donors (Lipinski definition) is 0. The summed E-state index contributed by atoms with van der Waals surface area (Å²) in [6.45, 7) is 7.03. The van der Waals surface area contributed by atoms with E-state index < -0.39 is 21.6 Å². The van der Waals surface area contributed by atoms with Crippen molar-refractivity contribution >= 4 is 27.3 Å². The second kappa shape index (κ2) is 8.42. The number of rotatable bonds is 3. The largest absolute Gasteiger partial charge is 0.455 e. The maximum atomic E-state index is 14.3. The summed E-state index contributed by atoms with van der Waals surface area (Å²) in [6, 6.07) is 15.1. The summed E-state index contributed by atoms with van der Waals surface area (Å²) >= 11 is 0. The van der Waals surface area contributed by atoms with Gasteiger partial charge in [-0.25, -0.2) is 17.5 Å². The van der Waals surface area contributed by atoms with Gasteiger partial charge in [0, 0.05) is 17.2 Å². The fraction of sp³-hybridized carbons (Fsp3) is 0.250. The van der Waals surface area contributed by atoms with Gasteiger partial charge in [-0.1, -0.05) is 24.3 Å². The molecule has 196 valence electrons. The Morgan fingerprint density at radius 2 is 1.50 bits per heavy atom. The third-order valence-electron chi connectivity index (χ3n) is 6.28. The van der Waals surface area contributed by atoms with E-state index >= 15 is 0 Å². The smallest absolute Gasteiger partial charge is 0.357 e. The molecule has 0 unspecified atom stereocenters. The van der Waals surface area contributed by atoms with Crippen molar-refractivity contribution in [3.05, 3.63) is 77.0 Å². The third-order valence-corrected chi connectivity index (χ3v) is 8.05. The van der Waals surface area contributed by atoms with Gasteiger partial charge < -0.3 is 23.7 Å². The second-order valence-corrected chi connectivity index (χ2v) is 11.8. The molecule has 10 heteroatoms. The first-order valence-corrected chi connectivity index (χ1v) is 13.4. The van der Waals surface area contributed by atoms with Crippen LogP contribution in [0.3, 0.4) is 0 Å². The number of carbonyl (C=O) groups excluding carboxylic acids is 1. The Balaban J connectivity index is 1.70. The summed E-state index contributed by atoms with van der Waals surface area (Å²) in [7, 11) is -4.26. The molecule has 0 atom stereocenters. The molecular formula is C28H25NO8S. The summed E-state index contributed by atoms with van der Waals surface area (Å²) in [5.41, 5.74) is 1.13. The van der Waals surface area contributed by atoms with Gasteiger partial charge in [0.1, 0.15) is 5.60 Å². The number of esters is 1.